The summed E-state index contributed by atoms with van der Waals surface area (Å²) in [6, 6.07) is 15.5. The van der Waals surface area contributed by atoms with E-state index >= 15 is 0 Å². The molecule has 0 heterocycles. The summed E-state index contributed by atoms with van der Waals surface area (Å²) in [5.74, 6) is 2.90. The van der Waals surface area contributed by atoms with Crippen LogP contribution in [0.5, 0.6) is 11.5 Å². The molecule has 3 nitrogen and oxygen atoms in total. The second kappa shape index (κ2) is 8.39. The molecule has 0 radical (unpaired) electrons. The molecule has 1 aliphatic carbocycles. The number of rotatable bonds is 6. The second-order valence-corrected chi connectivity index (χ2v) is 6.94. The van der Waals surface area contributed by atoms with Gasteiger partial charge in [-0.3, -0.25) is 4.79 Å². The van der Waals surface area contributed by atoms with E-state index in [-0.39, 0.29) is 0 Å². The highest BCUT2D eigenvalue weighted by Gasteiger charge is 2.23. The molecule has 3 rings (SSSR count). The van der Waals surface area contributed by atoms with Gasteiger partial charge in [0.1, 0.15) is 11.5 Å². The molecule has 25 heavy (non-hydrogen) atoms. The van der Waals surface area contributed by atoms with Crippen molar-refractivity contribution in [2.45, 2.75) is 31.6 Å². The third-order valence-electron chi connectivity index (χ3n) is 5.00. The zero-order valence-electron chi connectivity index (χ0n) is 14.4. The average Bonchev–Trinajstić information content (AvgIpc) is 2.67. The molecule has 1 aliphatic rings. The molecule has 0 spiro atoms. The van der Waals surface area contributed by atoms with Crippen LogP contribution in [-0.2, 0) is 0 Å². The van der Waals surface area contributed by atoms with Gasteiger partial charge >= 0.3 is 0 Å². The number of hydrogen-bond donors (Lipinski definition) is 0. The fourth-order valence-electron chi connectivity index (χ4n) is 3.43. The van der Waals surface area contributed by atoms with Crippen molar-refractivity contribution in [3.8, 4) is 11.5 Å². The van der Waals surface area contributed by atoms with E-state index in [0.717, 1.165) is 43.8 Å². The Morgan fingerprint density at radius 3 is 2.12 bits per heavy atom. The Morgan fingerprint density at radius 1 is 0.960 bits per heavy atom. The van der Waals surface area contributed by atoms with Gasteiger partial charge in [0.15, 0.2) is 0 Å². The zero-order valence-corrected chi connectivity index (χ0v) is 15.2. The van der Waals surface area contributed by atoms with E-state index in [9.17, 15) is 4.79 Å². The van der Waals surface area contributed by atoms with Crippen molar-refractivity contribution in [1.29, 1.82) is 0 Å². The molecule has 0 unspecified atom stereocenters. The molecule has 0 aliphatic heterocycles. The summed E-state index contributed by atoms with van der Waals surface area (Å²) >= 11 is 5.50. The van der Waals surface area contributed by atoms with Crippen LogP contribution in [0.25, 0.3) is 0 Å². The molecule has 2 aromatic rings. The van der Waals surface area contributed by atoms with Gasteiger partial charge in [0, 0.05) is 5.56 Å². The van der Waals surface area contributed by atoms with Crippen molar-refractivity contribution in [3.63, 3.8) is 0 Å². The molecule has 2 aromatic carbocycles. The van der Waals surface area contributed by atoms with Crippen LogP contribution in [-0.4, -0.2) is 19.0 Å². The van der Waals surface area contributed by atoms with E-state index in [2.05, 4.69) is 0 Å². The van der Waals surface area contributed by atoms with Gasteiger partial charge < -0.3 is 9.47 Å². The van der Waals surface area contributed by atoms with E-state index in [4.69, 9.17) is 21.1 Å². The maximum absolute atomic E-state index is 11.1. The summed E-state index contributed by atoms with van der Waals surface area (Å²) in [7, 11) is 1.66. The topological polar surface area (TPSA) is 35.5 Å². The van der Waals surface area contributed by atoms with Gasteiger partial charge in [-0.1, -0.05) is 12.1 Å². The lowest BCUT2D eigenvalue weighted by atomic mass is 9.79. The number of carbonyl (C=O) groups is 1. The molecule has 4 heteroatoms. The summed E-state index contributed by atoms with van der Waals surface area (Å²) in [6.07, 6.45) is 4.64. The van der Waals surface area contributed by atoms with Crippen LogP contribution in [0, 0.1) is 5.92 Å². The van der Waals surface area contributed by atoms with Gasteiger partial charge in [-0.25, -0.2) is 0 Å². The Bertz CT molecular complexity index is 686. The Balaban J connectivity index is 1.47. The fourth-order valence-corrected chi connectivity index (χ4v) is 3.56. The molecule has 0 aromatic heterocycles. The SMILES string of the molecule is COc1ccc(OC[C@H]2CC[C@H](c3ccc(C(=O)Cl)cc3)CC2)cc1. The third-order valence-corrected chi connectivity index (χ3v) is 5.22. The summed E-state index contributed by atoms with van der Waals surface area (Å²) < 4.78 is 11.1. The first-order valence-electron chi connectivity index (χ1n) is 8.72. The smallest absolute Gasteiger partial charge is 0.252 e. The second-order valence-electron chi connectivity index (χ2n) is 6.60. The van der Waals surface area contributed by atoms with E-state index in [0.29, 0.717) is 17.4 Å². The standard InChI is InChI=1S/C21H23ClO3/c1-24-19-10-12-20(13-11-19)25-14-15-2-4-16(5-3-15)17-6-8-18(9-7-17)21(22)23/h6-13,15-16H,2-5,14H2,1H3/t15-,16-. The number of methoxy groups -OCH3 is 1. The highest BCUT2D eigenvalue weighted by Crippen LogP contribution is 2.36. The van der Waals surface area contributed by atoms with Gasteiger partial charge in [-0.15, -0.1) is 0 Å². The van der Waals surface area contributed by atoms with Crippen LogP contribution in [0.3, 0.4) is 0 Å². The molecule has 0 amide bonds. The van der Waals surface area contributed by atoms with Crippen LogP contribution in [0.1, 0.15) is 47.5 Å². The number of carbonyl (C=O) groups excluding carboxylic acids is 1. The van der Waals surface area contributed by atoms with Crippen molar-refractivity contribution >= 4 is 16.8 Å². The third kappa shape index (κ3) is 4.76. The van der Waals surface area contributed by atoms with Gasteiger partial charge in [0.25, 0.3) is 5.24 Å². The van der Waals surface area contributed by atoms with Crippen molar-refractivity contribution < 1.29 is 14.3 Å². The van der Waals surface area contributed by atoms with Gasteiger partial charge in [0.05, 0.1) is 13.7 Å². The molecule has 1 saturated carbocycles. The van der Waals surface area contributed by atoms with E-state index in [1.807, 2.05) is 48.5 Å². The monoisotopic (exact) mass is 358 g/mol. The zero-order chi connectivity index (χ0) is 17.6. The van der Waals surface area contributed by atoms with Crippen LogP contribution in [0.15, 0.2) is 48.5 Å². The molecule has 0 bridgehead atoms. The van der Waals surface area contributed by atoms with E-state index in [1.165, 1.54) is 5.56 Å². The van der Waals surface area contributed by atoms with Gasteiger partial charge in [-0.2, -0.15) is 0 Å². The highest BCUT2D eigenvalue weighted by atomic mass is 35.5. The van der Waals surface area contributed by atoms with Crippen molar-refractivity contribution in [2.75, 3.05) is 13.7 Å². The minimum Gasteiger partial charge on any atom is -0.497 e. The molecule has 0 N–H and O–H groups in total. The first-order chi connectivity index (χ1) is 12.2. The Morgan fingerprint density at radius 2 is 1.56 bits per heavy atom. The highest BCUT2D eigenvalue weighted by molar-refractivity contribution is 6.67. The van der Waals surface area contributed by atoms with Crippen LogP contribution in [0.4, 0.5) is 0 Å². The lowest BCUT2D eigenvalue weighted by Crippen LogP contribution is -2.19. The Kier molecular flexibility index (Phi) is 5.98. The summed E-state index contributed by atoms with van der Waals surface area (Å²) in [5, 5.41) is -0.397. The maximum Gasteiger partial charge on any atom is 0.252 e. The Hall–Kier alpha value is -2.00. The molecular weight excluding hydrogens is 336 g/mol. The quantitative estimate of drug-likeness (QED) is 0.646. The predicted octanol–water partition coefficient (Wildman–Crippen LogP) is 5.43. The average molecular weight is 359 g/mol. The molecule has 132 valence electrons. The predicted molar refractivity (Wildman–Crippen MR) is 99.8 cm³/mol. The normalized spacial score (nSPS) is 20.1. The summed E-state index contributed by atoms with van der Waals surface area (Å²) in [5.41, 5.74) is 1.86. The van der Waals surface area contributed by atoms with Gasteiger partial charge in [-0.05, 0) is 91.1 Å². The van der Waals surface area contributed by atoms with E-state index < -0.39 is 5.24 Å². The van der Waals surface area contributed by atoms with Crippen LogP contribution < -0.4 is 9.47 Å². The number of ether oxygens (including phenoxy) is 2. The van der Waals surface area contributed by atoms with Crippen molar-refractivity contribution in [1.82, 2.24) is 0 Å². The van der Waals surface area contributed by atoms with Gasteiger partial charge in [0.2, 0.25) is 0 Å². The number of halogens is 1. The van der Waals surface area contributed by atoms with Crippen LogP contribution in [0.2, 0.25) is 0 Å². The van der Waals surface area contributed by atoms with Crippen molar-refractivity contribution in [2.24, 2.45) is 5.92 Å². The Labute approximate surface area is 153 Å². The lowest BCUT2D eigenvalue weighted by molar-refractivity contribution is 0.108. The molecular formula is C21H23ClO3. The number of benzene rings is 2. The summed E-state index contributed by atoms with van der Waals surface area (Å²) in [6.45, 7) is 0.763. The molecule has 0 saturated heterocycles. The minimum absolute atomic E-state index is 0.397. The first kappa shape index (κ1) is 17.8. The van der Waals surface area contributed by atoms with Crippen LogP contribution >= 0.6 is 11.6 Å². The summed E-state index contributed by atoms with van der Waals surface area (Å²) in [4.78, 5) is 11.1. The molecule has 1 fully saturated rings. The lowest BCUT2D eigenvalue weighted by Gasteiger charge is -2.28. The molecule has 0 atom stereocenters. The van der Waals surface area contributed by atoms with E-state index in [1.54, 1.807) is 7.11 Å². The minimum atomic E-state index is -0.397. The largest absolute Gasteiger partial charge is 0.497 e. The first-order valence-corrected chi connectivity index (χ1v) is 9.10. The maximum atomic E-state index is 11.1. The van der Waals surface area contributed by atoms with Crippen molar-refractivity contribution in [3.05, 3.63) is 59.7 Å². The fraction of sp³-hybridized carbons (Fsp3) is 0.381. The number of hydrogen-bond acceptors (Lipinski definition) is 3.